The Morgan fingerprint density at radius 1 is 1.38 bits per heavy atom. The number of pyridine rings is 1. The first-order chi connectivity index (χ1) is 7.74. The second-order valence-electron chi connectivity index (χ2n) is 4.96. The maximum absolute atomic E-state index is 6.16. The number of anilines is 1. The van der Waals surface area contributed by atoms with Crippen LogP contribution >= 0.6 is 11.6 Å². The van der Waals surface area contributed by atoms with Gasteiger partial charge in [0.15, 0.2) is 0 Å². The number of hydrogen-bond acceptors (Lipinski definition) is 2. The molecule has 16 heavy (non-hydrogen) atoms. The second kappa shape index (κ2) is 5.05. The van der Waals surface area contributed by atoms with Gasteiger partial charge in [-0.1, -0.05) is 6.92 Å². The van der Waals surface area contributed by atoms with Crippen LogP contribution in [0.5, 0.6) is 0 Å². The zero-order chi connectivity index (χ0) is 11.4. The molecule has 0 saturated heterocycles. The van der Waals surface area contributed by atoms with Gasteiger partial charge in [0.2, 0.25) is 0 Å². The maximum atomic E-state index is 6.16. The molecule has 1 aliphatic carbocycles. The van der Waals surface area contributed by atoms with Crippen molar-refractivity contribution in [3.63, 3.8) is 0 Å². The maximum Gasteiger partial charge on any atom is 0.0509 e. The number of nitrogens with one attached hydrogen (secondary N) is 1. The molecule has 0 bridgehead atoms. The van der Waals surface area contributed by atoms with Crippen molar-refractivity contribution in [2.45, 2.75) is 38.1 Å². The molecule has 1 aromatic heterocycles. The molecule has 0 aromatic carbocycles. The van der Waals surface area contributed by atoms with Crippen LogP contribution in [0.15, 0.2) is 24.5 Å². The van der Waals surface area contributed by atoms with Crippen LogP contribution in [0.2, 0.25) is 0 Å². The van der Waals surface area contributed by atoms with E-state index in [4.69, 9.17) is 11.6 Å². The normalized spacial score (nSPS) is 30.0. The van der Waals surface area contributed by atoms with Crippen molar-refractivity contribution in [1.29, 1.82) is 0 Å². The van der Waals surface area contributed by atoms with Crippen LogP contribution < -0.4 is 5.32 Å². The second-order valence-corrected chi connectivity index (χ2v) is 5.22. The topological polar surface area (TPSA) is 24.9 Å². The summed E-state index contributed by atoms with van der Waals surface area (Å²) >= 11 is 6.16. The fraction of sp³-hybridized carbons (Fsp3) is 0.615. The van der Waals surface area contributed by atoms with E-state index in [1.54, 1.807) is 0 Å². The van der Waals surface area contributed by atoms with Gasteiger partial charge in [-0.2, -0.15) is 0 Å². The molecule has 0 atom stereocenters. The molecule has 3 heteroatoms. The molecule has 0 radical (unpaired) electrons. The Bertz CT molecular complexity index is 318. The SMILES string of the molecule is CC1CCC(CCl)(Nc2ccncc2)CC1. The average molecular weight is 239 g/mol. The Kier molecular flexibility index (Phi) is 3.70. The van der Waals surface area contributed by atoms with Crippen LogP contribution in [0.25, 0.3) is 0 Å². The van der Waals surface area contributed by atoms with Gasteiger partial charge in [-0.3, -0.25) is 4.98 Å². The van der Waals surface area contributed by atoms with Crippen LogP contribution in [0.1, 0.15) is 32.6 Å². The van der Waals surface area contributed by atoms with E-state index in [1.165, 1.54) is 25.7 Å². The highest BCUT2D eigenvalue weighted by molar-refractivity contribution is 6.18. The summed E-state index contributed by atoms with van der Waals surface area (Å²) in [5, 5.41) is 3.59. The quantitative estimate of drug-likeness (QED) is 0.813. The number of nitrogens with zero attached hydrogens (tertiary/aromatic N) is 1. The van der Waals surface area contributed by atoms with E-state index in [0.717, 1.165) is 11.6 Å². The predicted molar refractivity (Wildman–Crippen MR) is 68.9 cm³/mol. The average Bonchev–Trinajstić information content (AvgIpc) is 2.34. The summed E-state index contributed by atoms with van der Waals surface area (Å²) in [7, 11) is 0. The van der Waals surface area contributed by atoms with Crippen molar-refractivity contribution in [2.24, 2.45) is 5.92 Å². The lowest BCUT2D eigenvalue weighted by molar-refractivity contribution is 0.287. The summed E-state index contributed by atoms with van der Waals surface area (Å²) < 4.78 is 0. The van der Waals surface area contributed by atoms with E-state index in [9.17, 15) is 0 Å². The van der Waals surface area contributed by atoms with Gasteiger partial charge in [-0.15, -0.1) is 11.6 Å². The lowest BCUT2D eigenvalue weighted by atomic mass is 9.78. The van der Waals surface area contributed by atoms with E-state index in [2.05, 4.69) is 17.2 Å². The van der Waals surface area contributed by atoms with E-state index < -0.39 is 0 Å². The summed E-state index contributed by atoms with van der Waals surface area (Å²) in [6.07, 6.45) is 8.50. The van der Waals surface area contributed by atoms with Crippen molar-refractivity contribution >= 4 is 17.3 Å². The first kappa shape index (κ1) is 11.7. The van der Waals surface area contributed by atoms with E-state index in [1.807, 2.05) is 24.5 Å². The molecule has 0 aliphatic heterocycles. The molecule has 1 fully saturated rings. The van der Waals surface area contributed by atoms with Crippen molar-refractivity contribution < 1.29 is 0 Å². The number of alkyl halides is 1. The summed E-state index contributed by atoms with van der Waals surface area (Å²) in [6.45, 7) is 2.32. The Hall–Kier alpha value is -0.760. The highest BCUT2D eigenvalue weighted by atomic mass is 35.5. The molecule has 0 amide bonds. The first-order valence-corrected chi connectivity index (χ1v) is 6.52. The number of hydrogen-bond donors (Lipinski definition) is 1. The molecule has 1 heterocycles. The minimum Gasteiger partial charge on any atom is -0.378 e. The molecule has 1 saturated carbocycles. The van der Waals surface area contributed by atoms with Crippen molar-refractivity contribution in [3.8, 4) is 0 Å². The van der Waals surface area contributed by atoms with Gasteiger partial charge in [-0.05, 0) is 43.7 Å². The fourth-order valence-electron chi connectivity index (χ4n) is 2.35. The number of aromatic nitrogens is 1. The predicted octanol–water partition coefficient (Wildman–Crippen LogP) is 3.68. The Morgan fingerprint density at radius 3 is 2.56 bits per heavy atom. The Labute approximate surface area is 102 Å². The third kappa shape index (κ3) is 2.67. The lowest BCUT2D eigenvalue weighted by Crippen LogP contribution is -2.43. The van der Waals surface area contributed by atoms with Crippen LogP contribution in [0, 0.1) is 5.92 Å². The largest absolute Gasteiger partial charge is 0.378 e. The zero-order valence-electron chi connectivity index (χ0n) is 9.75. The van der Waals surface area contributed by atoms with Crippen molar-refractivity contribution in [3.05, 3.63) is 24.5 Å². The third-order valence-electron chi connectivity index (χ3n) is 3.58. The molecule has 0 unspecified atom stereocenters. The van der Waals surface area contributed by atoms with Crippen molar-refractivity contribution in [2.75, 3.05) is 11.2 Å². The standard InChI is InChI=1S/C13H19ClN2/c1-11-2-6-13(10-14,7-3-11)16-12-4-8-15-9-5-12/h4-5,8-9,11H,2-3,6-7,10H2,1H3,(H,15,16). The highest BCUT2D eigenvalue weighted by Gasteiger charge is 2.33. The summed E-state index contributed by atoms with van der Waals surface area (Å²) in [5.41, 5.74) is 1.22. The fourth-order valence-corrected chi connectivity index (χ4v) is 2.68. The monoisotopic (exact) mass is 238 g/mol. The van der Waals surface area contributed by atoms with Gasteiger partial charge < -0.3 is 5.32 Å². The molecular weight excluding hydrogens is 220 g/mol. The van der Waals surface area contributed by atoms with E-state index in [0.29, 0.717) is 5.88 Å². The van der Waals surface area contributed by atoms with Crippen LogP contribution in [0.4, 0.5) is 5.69 Å². The zero-order valence-corrected chi connectivity index (χ0v) is 10.5. The van der Waals surface area contributed by atoms with Gasteiger partial charge in [0.05, 0.1) is 5.54 Å². The molecule has 88 valence electrons. The minimum absolute atomic E-state index is 0.0927. The molecule has 1 aromatic rings. The summed E-state index contributed by atoms with van der Waals surface area (Å²) in [5.74, 6) is 1.53. The van der Waals surface area contributed by atoms with Gasteiger partial charge in [0, 0.05) is 24.0 Å². The van der Waals surface area contributed by atoms with E-state index in [-0.39, 0.29) is 5.54 Å². The van der Waals surface area contributed by atoms with E-state index >= 15 is 0 Å². The molecule has 2 nitrogen and oxygen atoms in total. The molecule has 0 spiro atoms. The molecular formula is C13H19ClN2. The first-order valence-electron chi connectivity index (χ1n) is 5.98. The number of rotatable bonds is 3. The van der Waals surface area contributed by atoms with Crippen LogP contribution in [-0.4, -0.2) is 16.4 Å². The van der Waals surface area contributed by atoms with Gasteiger partial charge in [0.25, 0.3) is 0 Å². The van der Waals surface area contributed by atoms with Gasteiger partial charge in [0.1, 0.15) is 0 Å². The minimum atomic E-state index is 0.0927. The molecule has 1 aliphatic rings. The third-order valence-corrected chi connectivity index (χ3v) is 4.09. The number of halogens is 1. The smallest absolute Gasteiger partial charge is 0.0509 e. The summed E-state index contributed by atoms with van der Waals surface area (Å²) in [6, 6.07) is 4.01. The summed E-state index contributed by atoms with van der Waals surface area (Å²) in [4.78, 5) is 4.03. The Balaban J connectivity index is 2.05. The highest BCUT2D eigenvalue weighted by Crippen LogP contribution is 2.35. The van der Waals surface area contributed by atoms with Gasteiger partial charge >= 0.3 is 0 Å². The molecule has 2 rings (SSSR count). The molecule has 1 N–H and O–H groups in total. The van der Waals surface area contributed by atoms with Gasteiger partial charge in [-0.25, -0.2) is 0 Å². The Morgan fingerprint density at radius 2 is 2.00 bits per heavy atom. The lowest BCUT2D eigenvalue weighted by Gasteiger charge is -2.39. The van der Waals surface area contributed by atoms with Crippen molar-refractivity contribution in [1.82, 2.24) is 4.98 Å². The van der Waals surface area contributed by atoms with Crippen LogP contribution in [-0.2, 0) is 0 Å². The van der Waals surface area contributed by atoms with Crippen LogP contribution in [0.3, 0.4) is 0 Å².